The number of nitrogens with zero attached hydrogens (tertiary/aromatic N) is 1. The van der Waals surface area contributed by atoms with Crippen LogP contribution in [0.3, 0.4) is 0 Å². The number of hydrogen-bond donors (Lipinski definition) is 0. The van der Waals surface area contributed by atoms with Gasteiger partial charge in [0.2, 0.25) is 0 Å². The van der Waals surface area contributed by atoms with Crippen molar-refractivity contribution in [2.45, 2.75) is 32.4 Å². The molecule has 0 N–H and O–H groups in total. The van der Waals surface area contributed by atoms with Crippen molar-refractivity contribution in [2.24, 2.45) is 0 Å². The average Bonchev–Trinajstić information content (AvgIpc) is 2.62. The Balaban J connectivity index is 0.00000208. The highest BCUT2D eigenvalue weighted by atomic mass is 35.5. The van der Waals surface area contributed by atoms with Gasteiger partial charge in [-0.3, -0.25) is 4.90 Å². The summed E-state index contributed by atoms with van der Waals surface area (Å²) in [5.74, 6) is -0.265. The van der Waals surface area contributed by atoms with Crippen LogP contribution >= 0.6 is 12.4 Å². The number of carbonyl (C=O) groups excluding carboxylic acids is 1. The van der Waals surface area contributed by atoms with Gasteiger partial charge >= 0.3 is 5.97 Å². The fraction of sp³-hybridized carbons (Fsp3) is 0.350. The summed E-state index contributed by atoms with van der Waals surface area (Å²) in [4.78, 5) is 14.6. The molecule has 0 radical (unpaired) electrons. The first-order valence-corrected chi connectivity index (χ1v) is 8.34. The molecule has 0 aliphatic carbocycles. The van der Waals surface area contributed by atoms with Gasteiger partial charge in [0.25, 0.3) is 0 Å². The second-order valence-corrected chi connectivity index (χ2v) is 6.05. The Bertz CT molecular complexity index is 639. The molecule has 128 valence electrons. The lowest BCUT2D eigenvalue weighted by Crippen LogP contribution is -2.29. The zero-order valence-corrected chi connectivity index (χ0v) is 14.6. The molecule has 3 rings (SSSR count). The maximum atomic E-state index is 12.1. The highest BCUT2D eigenvalue weighted by Crippen LogP contribution is 2.17. The number of benzene rings is 2. The molecule has 1 fully saturated rings. The van der Waals surface area contributed by atoms with Gasteiger partial charge in [-0.1, -0.05) is 48.9 Å². The van der Waals surface area contributed by atoms with Gasteiger partial charge in [-0.25, -0.2) is 4.79 Å². The van der Waals surface area contributed by atoms with Gasteiger partial charge < -0.3 is 4.74 Å². The summed E-state index contributed by atoms with van der Waals surface area (Å²) in [7, 11) is 0. The maximum Gasteiger partial charge on any atom is 0.338 e. The summed E-state index contributed by atoms with van der Waals surface area (Å²) in [5, 5.41) is 0. The first-order chi connectivity index (χ1) is 11.3. The van der Waals surface area contributed by atoms with Crippen molar-refractivity contribution < 1.29 is 9.53 Å². The summed E-state index contributed by atoms with van der Waals surface area (Å²) >= 11 is 0. The van der Waals surface area contributed by atoms with Gasteiger partial charge in [-0.2, -0.15) is 0 Å². The normalized spacial score (nSPS) is 14.7. The van der Waals surface area contributed by atoms with Gasteiger partial charge in [0.05, 0.1) is 5.56 Å². The Morgan fingerprint density at radius 1 is 0.875 bits per heavy atom. The Hall–Kier alpha value is -1.84. The van der Waals surface area contributed by atoms with E-state index in [1.165, 1.54) is 24.8 Å². The van der Waals surface area contributed by atoms with Crippen molar-refractivity contribution in [3.05, 3.63) is 71.3 Å². The zero-order valence-electron chi connectivity index (χ0n) is 13.8. The highest BCUT2D eigenvalue weighted by molar-refractivity contribution is 5.89. The zero-order chi connectivity index (χ0) is 15.9. The van der Waals surface area contributed by atoms with E-state index in [1.54, 1.807) is 12.1 Å². The lowest BCUT2D eigenvalue weighted by atomic mass is 10.1. The number of carbonyl (C=O) groups is 1. The smallest absolute Gasteiger partial charge is 0.338 e. The minimum absolute atomic E-state index is 0. The second kappa shape index (κ2) is 9.45. The Morgan fingerprint density at radius 3 is 2.21 bits per heavy atom. The van der Waals surface area contributed by atoms with Crippen molar-refractivity contribution in [3.63, 3.8) is 0 Å². The predicted molar refractivity (Wildman–Crippen MR) is 98.4 cm³/mol. The van der Waals surface area contributed by atoms with Crippen LogP contribution < -0.4 is 0 Å². The molecule has 0 bridgehead atoms. The maximum absolute atomic E-state index is 12.1. The summed E-state index contributed by atoms with van der Waals surface area (Å²) in [5.41, 5.74) is 2.96. The molecule has 0 spiro atoms. The van der Waals surface area contributed by atoms with Crippen molar-refractivity contribution in [2.75, 3.05) is 13.1 Å². The largest absolute Gasteiger partial charge is 0.457 e. The lowest BCUT2D eigenvalue weighted by molar-refractivity contribution is 0.0471. The van der Waals surface area contributed by atoms with Crippen LogP contribution in [0.1, 0.15) is 40.7 Å². The molecule has 0 saturated carbocycles. The van der Waals surface area contributed by atoms with E-state index >= 15 is 0 Å². The number of piperidine rings is 1. The summed E-state index contributed by atoms with van der Waals surface area (Å²) in [6.45, 7) is 3.60. The fourth-order valence-electron chi connectivity index (χ4n) is 3.01. The average molecular weight is 346 g/mol. The van der Waals surface area contributed by atoms with Crippen molar-refractivity contribution in [1.82, 2.24) is 4.90 Å². The summed E-state index contributed by atoms with van der Waals surface area (Å²) in [6, 6.07) is 17.4. The first kappa shape index (κ1) is 18.5. The number of ether oxygens (including phenoxy) is 1. The van der Waals surface area contributed by atoms with E-state index in [1.807, 2.05) is 24.3 Å². The number of likely N-dealkylation sites (tertiary alicyclic amines) is 1. The highest BCUT2D eigenvalue weighted by Gasteiger charge is 2.13. The number of hydrogen-bond acceptors (Lipinski definition) is 3. The Labute approximate surface area is 150 Å². The van der Waals surface area contributed by atoms with E-state index in [-0.39, 0.29) is 18.4 Å². The monoisotopic (exact) mass is 345 g/mol. The molecular formula is C20H24ClNO2. The quantitative estimate of drug-likeness (QED) is 0.750. The first-order valence-electron chi connectivity index (χ1n) is 8.34. The SMILES string of the molecule is Cl.O=C(OCc1ccccc1CN1CCCCC1)c1ccccc1. The third-order valence-corrected chi connectivity index (χ3v) is 4.33. The number of esters is 1. The molecule has 1 heterocycles. The topological polar surface area (TPSA) is 29.5 Å². The standard InChI is InChI=1S/C20H23NO2.ClH/c22-20(17-9-3-1-4-10-17)23-16-19-12-6-5-11-18(19)15-21-13-7-2-8-14-21;/h1,3-6,9-12H,2,7-8,13-16H2;1H. The minimum Gasteiger partial charge on any atom is -0.457 e. The molecule has 1 aliphatic heterocycles. The van der Waals surface area contributed by atoms with E-state index in [9.17, 15) is 4.79 Å². The Morgan fingerprint density at radius 2 is 1.50 bits per heavy atom. The Kier molecular flexibility index (Phi) is 7.29. The van der Waals surface area contributed by atoms with Crippen LogP contribution in [0.4, 0.5) is 0 Å². The molecule has 1 saturated heterocycles. The molecule has 2 aromatic rings. The van der Waals surface area contributed by atoms with Crippen molar-refractivity contribution in [1.29, 1.82) is 0 Å². The van der Waals surface area contributed by atoms with Crippen molar-refractivity contribution in [3.8, 4) is 0 Å². The third-order valence-electron chi connectivity index (χ3n) is 4.33. The molecule has 4 heteroatoms. The van der Waals surface area contributed by atoms with Crippen LogP contribution in [0, 0.1) is 0 Å². The molecule has 0 unspecified atom stereocenters. The molecule has 3 nitrogen and oxygen atoms in total. The summed E-state index contributed by atoms with van der Waals surface area (Å²) < 4.78 is 5.49. The summed E-state index contributed by atoms with van der Waals surface area (Å²) in [6.07, 6.45) is 3.91. The van der Waals surface area contributed by atoms with Gasteiger partial charge in [0.15, 0.2) is 0 Å². The van der Waals surface area contributed by atoms with E-state index in [0.29, 0.717) is 12.2 Å². The number of rotatable bonds is 5. The minimum atomic E-state index is -0.265. The molecule has 0 atom stereocenters. The van der Waals surface area contributed by atoms with E-state index < -0.39 is 0 Å². The van der Waals surface area contributed by atoms with Crippen LogP contribution in [0.25, 0.3) is 0 Å². The van der Waals surface area contributed by atoms with Crippen LogP contribution in [-0.2, 0) is 17.9 Å². The number of halogens is 1. The van der Waals surface area contributed by atoms with Gasteiger partial charge in [-0.15, -0.1) is 12.4 Å². The van der Waals surface area contributed by atoms with Crippen LogP contribution in [0.5, 0.6) is 0 Å². The predicted octanol–water partition coefficient (Wildman–Crippen LogP) is 4.45. The van der Waals surface area contributed by atoms with E-state index in [4.69, 9.17) is 4.74 Å². The van der Waals surface area contributed by atoms with Gasteiger partial charge in [0.1, 0.15) is 6.61 Å². The molecular weight excluding hydrogens is 322 g/mol. The molecule has 1 aliphatic rings. The van der Waals surface area contributed by atoms with Crippen LogP contribution in [0.2, 0.25) is 0 Å². The van der Waals surface area contributed by atoms with Gasteiger partial charge in [-0.05, 0) is 49.2 Å². The lowest BCUT2D eigenvalue weighted by Gasteiger charge is -2.27. The van der Waals surface area contributed by atoms with E-state index in [2.05, 4.69) is 23.1 Å². The second-order valence-electron chi connectivity index (χ2n) is 6.05. The molecule has 0 amide bonds. The molecule has 2 aromatic carbocycles. The molecule has 24 heavy (non-hydrogen) atoms. The molecule has 0 aromatic heterocycles. The van der Waals surface area contributed by atoms with Crippen LogP contribution in [-0.4, -0.2) is 24.0 Å². The van der Waals surface area contributed by atoms with Crippen LogP contribution in [0.15, 0.2) is 54.6 Å². The van der Waals surface area contributed by atoms with E-state index in [0.717, 1.165) is 25.2 Å². The fourth-order valence-corrected chi connectivity index (χ4v) is 3.01. The van der Waals surface area contributed by atoms with Gasteiger partial charge in [0, 0.05) is 6.54 Å². The third kappa shape index (κ3) is 5.08. The van der Waals surface area contributed by atoms with Crippen molar-refractivity contribution >= 4 is 18.4 Å².